The summed E-state index contributed by atoms with van der Waals surface area (Å²) in [5.41, 5.74) is -2.48. The summed E-state index contributed by atoms with van der Waals surface area (Å²) < 4.78 is 78.1. The van der Waals surface area contributed by atoms with Crippen LogP contribution in [0.1, 0.15) is 35.2 Å². The van der Waals surface area contributed by atoms with Gasteiger partial charge in [-0.15, -0.1) is 0 Å². The molecular formula is C17H15F6N3OS. The van der Waals surface area contributed by atoms with Gasteiger partial charge in [0, 0.05) is 12.1 Å². The van der Waals surface area contributed by atoms with E-state index in [1.807, 2.05) is 0 Å². The number of carbonyl (C=O) groups excluding carboxylic acids is 1. The van der Waals surface area contributed by atoms with Gasteiger partial charge in [-0.2, -0.15) is 31.6 Å². The Kier molecular flexibility index (Phi) is 6.23. The van der Waals surface area contributed by atoms with Gasteiger partial charge in [-0.25, -0.2) is 0 Å². The summed E-state index contributed by atoms with van der Waals surface area (Å²) >= 11 is 0.985. The van der Waals surface area contributed by atoms with Gasteiger partial charge in [-0.1, -0.05) is 6.58 Å². The van der Waals surface area contributed by atoms with Crippen molar-refractivity contribution in [3.05, 3.63) is 41.5 Å². The van der Waals surface area contributed by atoms with E-state index in [0.29, 0.717) is 18.9 Å². The number of nitriles is 1. The summed E-state index contributed by atoms with van der Waals surface area (Å²) in [6.07, 6.45) is -8.70. The molecule has 0 radical (unpaired) electrons. The number of amides is 1. The molecule has 1 aliphatic carbocycles. The Balaban J connectivity index is 2.14. The Bertz CT molecular complexity index is 809. The van der Waals surface area contributed by atoms with E-state index >= 15 is 0 Å². The van der Waals surface area contributed by atoms with Crippen LogP contribution in [0.4, 0.5) is 32.0 Å². The van der Waals surface area contributed by atoms with Gasteiger partial charge in [0.1, 0.15) is 4.75 Å². The molecule has 0 aliphatic heterocycles. The van der Waals surface area contributed by atoms with Gasteiger partial charge in [0.2, 0.25) is 0 Å². The van der Waals surface area contributed by atoms with Crippen LogP contribution in [0.5, 0.6) is 0 Å². The average Bonchev–Trinajstić information content (AvgIpc) is 3.38. The van der Waals surface area contributed by atoms with Gasteiger partial charge in [0.05, 0.1) is 22.9 Å². The summed E-state index contributed by atoms with van der Waals surface area (Å²) in [5, 5.41) is 11.2. The first-order valence-electron chi connectivity index (χ1n) is 7.98. The smallest absolute Gasteiger partial charge is 0.352 e. The summed E-state index contributed by atoms with van der Waals surface area (Å²) in [6, 6.07) is 4.51. The van der Waals surface area contributed by atoms with Crippen LogP contribution in [0, 0.1) is 11.3 Å². The van der Waals surface area contributed by atoms with Crippen LogP contribution in [0.3, 0.4) is 0 Å². The topological polar surface area (TPSA) is 64.9 Å². The normalized spacial score (nSPS) is 15.5. The van der Waals surface area contributed by atoms with Crippen molar-refractivity contribution >= 4 is 23.5 Å². The molecule has 0 bridgehead atoms. The van der Waals surface area contributed by atoms with E-state index in [2.05, 4.69) is 22.7 Å². The highest BCUT2D eigenvalue weighted by Gasteiger charge is 2.45. The van der Waals surface area contributed by atoms with Crippen molar-refractivity contribution < 1.29 is 31.1 Å². The third-order valence-electron chi connectivity index (χ3n) is 3.97. The van der Waals surface area contributed by atoms with E-state index in [0.717, 1.165) is 24.1 Å². The molecule has 2 rings (SSSR count). The molecule has 0 heterocycles. The van der Waals surface area contributed by atoms with Crippen molar-refractivity contribution in [2.75, 3.05) is 11.3 Å². The molecule has 1 amide bonds. The van der Waals surface area contributed by atoms with E-state index in [1.54, 1.807) is 0 Å². The molecule has 2 N–H and O–H groups in total. The lowest BCUT2D eigenvalue weighted by molar-refractivity contribution is -0.137. The molecule has 4 nitrogen and oxygen atoms in total. The number of nitrogens with one attached hydrogen (secondary N) is 2. The molecule has 0 unspecified atom stereocenters. The number of anilines is 1. The number of halogens is 6. The van der Waals surface area contributed by atoms with E-state index in [9.17, 15) is 31.1 Å². The van der Waals surface area contributed by atoms with E-state index < -0.39 is 47.1 Å². The summed E-state index contributed by atoms with van der Waals surface area (Å²) in [7, 11) is 0. The van der Waals surface area contributed by atoms with Gasteiger partial charge in [0.25, 0.3) is 5.91 Å². The zero-order valence-electron chi connectivity index (χ0n) is 14.3. The molecule has 0 spiro atoms. The molecule has 0 atom stereocenters. The third kappa shape index (κ3) is 5.58. The average molecular weight is 423 g/mol. The fourth-order valence-electron chi connectivity index (χ4n) is 2.06. The van der Waals surface area contributed by atoms with Crippen molar-refractivity contribution in [1.82, 2.24) is 5.32 Å². The van der Waals surface area contributed by atoms with Crippen LogP contribution in [-0.2, 0) is 6.18 Å². The first-order valence-corrected chi connectivity index (χ1v) is 8.79. The number of hydrogen-bond donors (Lipinski definition) is 2. The van der Waals surface area contributed by atoms with Crippen LogP contribution >= 0.6 is 11.9 Å². The number of benzene rings is 1. The van der Waals surface area contributed by atoms with E-state index in [1.165, 1.54) is 0 Å². The van der Waals surface area contributed by atoms with Gasteiger partial charge >= 0.3 is 12.4 Å². The van der Waals surface area contributed by atoms with Gasteiger partial charge in [-0.3, -0.25) is 4.79 Å². The largest absolute Gasteiger partial charge is 0.416 e. The lowest BCUT2D eigenvalue weighted by atomic mass is 10.1. The molecule has 0 aromatic heterocycles. The zero-order chi connectivity index (χ0) is 21.2. The van der Waals surface area contributed by atoms with Gasteiger partial charge in [-0.05, 0) is 49.4 Å². The fraction of sp³-hybridized carbons (Fsp3) is 0.412. The maximum Gasteiger partial charge on any atom is 0.416 e. The van der Waals surface area contributed by atoms with Gasteiger partial charge < -0.3 is 10.0 Å². The second-order valence-electron chi connectivity index (χ2n) is 6.18. The molecule has 1 fully saturated rings. The molecule has 1 aliphatic rings. The van der Waals surface area contributed by atoms with Crippen molar-refractivity contribution in [2.45, 2.75) is 36.4 Å². The molecule has 1 aromatic rings. The molecule has 28 heavy (non-hydrogen) atoms. The number of carbonyl (C=O) groups is 1. The van der Waals surface area contributed by atoms with Crippen molar-refractivity contribution in [2.24, 2.45) is 0 Å². The lowest BCUT2D eigenvalue weighted by Gasteiger charge is -2.16. The number of hydrogen-bond acceptors (Lipinski definition) is 4. The van der Waals surface area contributed by atoms with Crippen molar-refractivity contribution in [3.8, 4) is 6.07 Å². The minimum Gasteiger partial charge on any atom is -0.352 e. The van der Waals surface area contributed by atoms with Crippen LogP contribution in [-0.4, -0.2) is 23.4 Å². The molecule has 0 saturated heterocycles. The Morgan fingerprint density at radius 3 is 2.39 bits per heavy atom. The Morgan fingerprint density at radius 2 is 1.89 bits per heavy atom. The molecule has 1 saturated carbocycles. The highest BCUT2D eigenvalue weighted by atomic mass is 32.2. The van der Waals surface area contributed by atoms with Crippen molar-refractivity contribution in [1.29, 1.82) is 5.26 Å². The lowest BCUT2D eigenvalue weighted by Crippen LogP contribution is -2.27. The Hall–Kier alpha value is -2.35. The van der Waals surface area contributed by atoms with Gasteiger partial charge in [0.15, 0.2) is 0 Å². The summed E-state index contributed by atoms with van der Waals surface area (Å²) in [5.74, 6) is -0.967. The zero-order valence-corrected chi connectivity index (χ0v) is 15.1. The van der Waals surface area contributed by atoms with E-state index in [-0.39, 0.29) is 11.3 Å². The molecule has 152 valence electrons. The highest BCUT2D eigenvalue weighted by Crippen LogP contribution is 2.48. The number of rotatable bonds is 7. The van der Waals surface area contributed by atoms with Crippen LogP contribution < -0.4 is 10.0 Å². The molecule has 11 heteroatoms. The Morgan fingerprint density at radius 1 is 1.25 bits per heavy atom. The SMILES string of the molecule is C=C(CCNC(=O)c1cc(C(F)(F)F)ccc1NSC1(C#N)CC1)C(F)(F)F. The standard InChI is InChI=1S/C17H15F6N3OS/c1-10(16(18,19)20)4-7-25-14(27)12-8-11(17(21,22)23)2-3-13(12)26-28-15(9-24)5-6-15/h2-3,8,26H,1,4-7H2,(H,25,27). The summed E-state index contributed by atoms with van der Waals surface area (Å²) in [6.45, 7) is 2.42. The third-order valence-corrected chi connectivity index (χ3v) is 5.18. The maximum atomic E-state index is 13.0. The molecular weight excluding hydrogens is 408 g/mol. The monoisotopic (exact) mass is 423 g/mol. The predicted octanol–water partition coefficient (Wildman–Crippen LogP) is 5.06. The quantitative estimate of drug-likeness (QED) is 0.366. The van der Waals surface area contributed by atoms with Crippen molar-refractivity contribution in [3.63, 3.8) is 0 Å². The minimum absolute atomic E-state index is 0.0340. The first-order chi connectivity index (χ1) is 12.9. The van der Waals surface area contributed by atoms with Crippen LogP contribution in [0.15, 0.2) is 30.4 Å². The molecule has 1 aromatic carbocycles. The van der Waals surface area contributed by atoms with E-state index in [4.69, 9.17) is 5.26 Å². The first kappa shape index (κ1) is 21.9. The second kappa shape index (κ2) is 7.95. The highest BCUT2D eigenvalue weighted by molar-refractivity contribution is 8.02. The predicted molar refractivity (Wildman–Crippen MR) is 92.4 cm³/mol. The fourth-order valence-corrected chi connectivity index (χ4v) is 2.90. The number of alkyl halides is 6. The minimum atomic E-state index is -4.70. The van der Waals surface area contributed by atoms with Crippen LogP contribution in [0.2, 0.25) is 0 Å². The number of nitrogens with zero attached hydrogens (tertiary/aromatic N) is 1. The Labute approximate surface area is 161 Å². The summed E-state index contributed by atoms with van der Waals surface area (Å²) in [4.78, 5) is 12.3. The maximum absolute atomic E-state index is 13.0. The van der Waals surface area contributed by atoms with Crippen LogP contribution in [0.25, 0.3) is 0 Å². The second-order valence-corrected chi connectivity index (χ2v) is 7.37.